The maximum Gasteiger partial charge on any atom is 0.205 e. The fourth-order valence-electron chi connectivity index (χ4n) is 2.29. The molecule has 0 aromatic carbocycles. The number of nitrogens with zero attached hydrogens (tertiary/aromatic N) is 3. The standard InChI is InChI=1S/C13H24N4S/c1-5-17(10-7-6-8-14-9-10)12-15-11(16-18-12)13(2,3)4/h10,14H,5-9H2,1-4H3. The Morgan fingerprint density at radius 3 is 2.72 bits per heavy atom. The minimum atomic E-state index is 0.0407. The van der Waals surface area contributed by atoms with Gasteiger partial charge in [-0.3, -0.25) is 0 Å². The Labute approximate surface area is 114 Å². The van der Waals surface area contributed by atoms with E-state index in [0.717, 1.165) is 30.6 Å². The van der Waals surface area contributed by atoms with Gasteiger partial charge in [0.25, 0.3) is 0 Å². The van der Waals surface area contributed by atoms with Crippen molar-refractivity contribution >= 4 is 16.7 Å². The van der Waals surface area contributed by atoms with Crippen molar-refractivity contribution in [3.8, 4) is 0 Å². The predicted octanol–water partition coefficient (Wildman–Crippen LogP) is 2.41. The van der Waals surface area contributed by atoms with Crippen LogP contribution < -0.4 is 10.2 Å². The van der Waals surface area contributed by atoms with Crippen LogP contribution in [0.1, 0.15) is 46.4 Å². The number of likely N-dealkylation sites (N-methyl/N-ethyl adjacent to an activating group) is 1. The number of hydrogen-bond acceptors (Lipinski definition) is 5. The highest BCUT2D eigenvalue weighted by Gasteiger charge is 2.25. The molecule has 0 radical (unpaired) electrons. The SMILES string of the molecule is CCN(c1nc(C(C)(C)C)ns1)C1CCCNC1. The average Bonchev–Trinajstić information content (AvgIpc) is 2.81. The zero-order chi connectivity index (χ0) is 13.2. The van der Waals surface area contributed by atoms with Crippen molar-refractivity contribution in [3.05, 3.63) is 5.82 Å². The molecule has 1 atom stereocenters. The molecule has 1 fully saturated rings. The Morgan fingerprint density at radius 2 is 2.22 bits per heavy atom. The number of nitrogens with one attached hydrogen (secondary N) is 1. The largest absolute Gasteiger partial charge is 0.343 e. The van der Waals surface area contributed by atoms with Crippen molar-refractivity contribution in [1.82, 2.24) is 14.7 Å². The van der Waals surface area contributed by atoms with E-state index < -0.39 is 0 Å². The number of rotatable bonds is 3. The van der Waals surface area contributed by atoms with E-state index >= 15 is 0 Å². The van der Waals surface area contributed by atoms with Gasteiger partial charge in [-0.15, -0.1) is 0 Å². The molecule has 2 rings (SSSR count). The first-order valence-corrected chi connectivity index (χ1v) is 7.61. The first kappa shape index (κ1) is 13.7. The summed E-state index contributed by atoms with van der Waals surface area (Å²) in [6, 6.07) is 0.574. The molecule has 1 saturated heterocycles. The van der Waals surface area contributed by atoms with Gasteiger partial charge < -0.3 is 10.2 Å². The van der Waals surface area contributed by atoms with E-state index in [4.69, 9.17) is 4.98 Å². The number of aromatic nitrogens is 2. The maximum absolute atomic E-state index is 4.73. The summed E-state index contributed by atoms with van der Waals surface area (Å²) < 4.78 is 4.52. The summed E-state index contributed by atoms with van der Waals surface area (Å²) >= 11 is 1.54. The topological polar surface area (TPSA) is 41.1 Å². The maximum atomic E-state index is 4.73. The van der Waals surface area contributed by atoms with Gasteiger partial charge in [0.05, 0.1) is 0 Å². The van der Waals surface area contributed by atoms with Crippen LogP contribution in [-0.4, -0.2) is 35.0 Å². The molecule has 2 heterocycles. The third kappa shape index (κ3) is 3.01. The summed E-state index contributed by atoms with van der Waals surface area (Å²) in [5.74, 6) is 0.963. The van der Waals surface area contributed by atoms with Gasteiger partial charge in [0.15, 0.2) is 0 Å². The van der Waals surface area contributed by atoms with Gasteiger partial charge in [0.2, 0.25) is 5.13 Å². The monoisotopic (exact) mass is 268 g/mol. The minimum absolute atomic E-state index is 0.0407. The normalized spacial score (nSPS) is 21.0. The molecule has 4 nitrogen and oxygen atoms in total. The Balaban J connectivity index is 2.14. The number of anilines is 1. The molecule has 1 aromatic rings. The van der Waals surface area contributed by atoms with Crippen LogP contribution in [0.25, 0.3) is 0 Å². The smallest absolute Gasteiger partial charge is 0.205 e. The highest BCUT2D eigenvalue weighted by Crippen LogP contribution is 2.27. The summed E-state index contributed by atoms with van der Waals surface area (Å²) in [6.07, 6.45) is 2.51. The summed E-state index contributed by atoms with van der Waals surface area (Å²) in [7, 11) is 0. The molecule has 18 heavy (non-hydrogen) atoms. The van der Waals surface area contributed by atoms with Gasteiger partial charge in [-0.2, -0.15) is 4.37 Å². The van der Waals surface area contributed by atoms with E-state index in [0.29, 0.717) is 6.04 Å². The quantitative estimate of drug-likeness (QED) is 0.914. The molecule has 1 unspecified atom stereocenters. The van der Waals surface area contributed by atoms with Gasteiger partial charge >= 0.3 is 0 Å². The van der Waals surface area contributed by atoms with Crippen molar-refractivity contribution < 1.29 is 0 Å². The summed E-state index contributed by atoms with van der Waals surface area (Å²) in [4.78, 5) is 7.14. The van der Waals surface area contributed by atoms with Crippen LogP contribution in [0.5, 0.6) is 0 Å². The lowest BCUT2D eigenvalue weighted by Crippen LogP contribution is -2.46. The molecule has 0 saturated carbocycles. The van der Waals surface area contributed by atoms with Crippen LogP contribution in [0.4, 0.5) is 5.13 Å². The van der Waals surface area contributed by atoms with Crippen LogP contribution in [0, 0.1) is 0 Å². The van der Waals surface area contributed by atoms with Crippen molar-refractivity contribution in [1.29, 1.82) is 0 Å². The lowest BCUT2D eigenvalue weighted by atomic mass is 9.96. The van der Waals surface area contributed by atoms with E-state index in [1.165, 1.54) is 24.4 Å². The van der Waals surface area contributed by atoms with Gasteiger partial charge in [-0.05, 0) is 26.3 Å². The second-order valence-corrected chi connectivity index (χ2v) is 6.67. The number of piperidine rings is 1. The first-order chi connectivity index (χ1) is 8.52. The second-order valence-electron chi connectivity index (χ2n) is 5.94. The molecule has 1 aliphatic rings. The molecule has 1 aromatic heterocycles. The van der Waals surface area contributed by atoms with E-state index in [2.05, 4.69) is 42.3 Å². The van der Waals surface area contributed by atoms with Gasteiger partial charge in [0, 0.05) is 36.1 Å². The van der Waals surface area contributed by atoms with E-state index in [1.54, 1.807) is 0 Å². The zero-order valence-corrected chi connectivity index (χ0v) is 12.7. The highest BCUT2D eigenvalue weighted by molar-refractivity contribution is 7.09. The molecule has 0 aliphatic carbocycles. The van der Waals surface area contributed by atoms with Crippen LogP contribution >= 0.6 is 11.5 Å². The first-order valence-electron chi connectivity index (χ1n) is 6.84. The van der Waals surface area contributed by atoms with Crippen molar-refractivity contribution in [2.75, 3.05) is 24.5 Å². The molecular formula is C13H24N4S. The van der Waals surface area contributed by atoms with Crippen LogP contribution in [-0.2, 0) is 5.41 Å². The molecule has 1 aliphatic heterocycles. The Hall–Kier alpha value is -0.680. The van der Waals surface area contributed by atoms with Gasteiger partial charge in [0.1, 0.15) is 5.82 Å². The van der Waals surface area contributed by atoms with Crippen LogP contribution in [0.2, 0.25) is 0 Å². The summed E-state index contributed by atoms with van der Waals surface area (Å²) in [5, 5.41) is 4.55. The molecule has 0 amide bonds. The van der Waals surface area contributed by atoms with Crippen molar-refractivity contribution in [2.45, 2.75) is 52.0 Å². The van der Waals surface area contributed by atoms with E-state index in [1.807, 2.05) is 0 Å². The van der Waals surface area contributed by atoms with E-state index in [9.17, 15) is 0 Å². The van der Waals surface area contributed by atoms with Crippen molar-refractivity contribution in [3.63, 3.8) is 0 Å². The zero-order valence-electron chi connectivity index (χ0n) is 11.9. The van der Waals surface area contributed by atoms with Crippen molar-refractivity contribution in [2.24, 2.45) is 0 Å². The fourth-order valence-corrected chi connectivity index (χ4v) is 3.28. The third-order valence-electron chi connectivity index (χ3n) is 3.38. The fraction of sp³-hybridized carbons (Fsp3) is 0.846. The Morgan fingerprint density at radius 1 is 1.44 bits per heavy atom. The average molecular weight is 268 g/mol. The molecule has 1 N–H and O–H groups in total. The molecule has 0 spiro atoms. The molecule has 0 bridgehead atoms. The second kappa shape index (κ2) is 5.53. The predicted molar refractivity (Wildman–Crippen MR) is 77.5 cm³/mol. The Bertz CT molecular complexity index is 377. The summed E-state index contributed by atoms with van der Waals surface area (Å²) in [5.41, 5.74) is 0.0407. The van der Waals surface area contributed by atoms with Gasteiger partial charge in [-0.25, -0.2) is 4.98 Å². The minimum Gasteiger partial charge on any atom is -0.343 e. The Kier molecular flexibility index (Phi) is 4.22. The van der Waals surface area contributed by atoms with Crippen LogP contribution in [0.3, 0.4) is 0 Å². The molecule has 5 heteroatoms. The molecule has 102 valence electrons. The number of hydrogen-bond donors (Lipinski definition) is 1. The molecular weight excluding hydrogens is 244 g/mol. The lowest BCUT2D eigenvalue weighted by Gasteiger charge is -2.33. The summed E-state index contributed by atoms with van der Waals surface area (Å²) in [6.45, 7) is 11.9. The highest BCUT2D eigenvalue weighted by atomic mass is 32.1. The van der Waals surface area contributed by atoms with E-state index in [-0.39, 0.29) is 5.41 Å². The third-order valence-corrected chi connectivity index (χ3v) is 4.14. The van der Waals surface area contributed by atoms with Gasteiger partial charge in [-0.1, -0.05) is 20.8 Å². The van der Waals surface area contributed by atoms with Crippen LogP contribution in [0.15, 0.2) is 0 Å². The lowest BCUT2D eigenvalue weighted by molar-refractivity contribution is 0.434.